The van der Waals surface area contributed by atoms with Crippen molar-refractivity contribution in [1.29, 1.82) is 0 Å². The van der Waals surface area contributed by atoms with Gasteiger partial charge in [-0.25, -0.2) is 0 Å². The van der Waals surface area contributed by atoms with E-state index in [-0.39, 0.29) is 23.4 Å². The van der Waals surface area contributed by atoms with Crippen molar-refractivity contribution in [2.75, 3.05) is 0 Å². The van der Waals surface area contributed by atoms with E-state index in [0.29, 0.717) is 6.42 Å². The van der Waals surface area contributed by atoms with Crippen molar-refractivity contribution >= 4 is 11.6 Å². The highest BCUT2D eigenvalue weighted by Gasteiger charge is 2.34. The first kappa shape index (κ1) is 6.46. The number of hydrogen-bond donors (Lipinski definition) is 0. The van der Waals surface area contributed by atoms with E-state index >= 15 is 0 Å². The molecule has 0 heterocycles. The first-order valence-electron chi connectivity index (χ1n) is 3.20. The lowest BCUT2D eigenvalue weighted by molar-refractivity contribution is -0.135. The van der Waals surface area contributed by atoms with E-state index in [9.17, 15) is 9.59 Å². The zero-order valence-electron chi connectivity index (χ0n) is 5.68. The van der Waals surface area contributed by atoms with Gasteiger partial charge in [0.15, 0.2) is 5.78 Å². The van der Waals surface area contributed by atoms with Crippen LogP contribution in [-0.2, 0) is 9.59 Å². The van der Waals surface area contributed by atoms with E-state index in [1.165, 1.54) is 0 Å². The molecule has 9 heavy (non-hydrogen) atoms. The van der Waals surface area contributed by atoms with Gasteiger partial charge in [-0.05, 0) is 5.92 Å². The Morgan fingerprint density at radius 1 is 1.33 bits per heavy atom. The van der Waals surface area contributed by atoms with Gasteiger partial charge < -0.3 is 0 Å². The number of Topliss-reactive ketones (excluding diaryl/α,β-unsaturated/α-hetero) is 2. The van der Waals surface area contributed by atoms with E-state index in [0.717, 1.165) is 0 Å². The quantitative estimate of drug-likeness (QED) is 0.450. The molecule has 1 aliphatic rings. The van der Waals surface area contributed by atoms with Crippen LogP contribution in [0.3, 0.4) is 0 Å². The molecule has 0 bridgehead atoms. The SMILES string of the molecule is C[C@@H]1C(=O)C(=O)C[C@@H]1C. The lowest BCUT2D eigenvalue weighted by atomic mass is 10.0. The van der Waals surface area contributed by atoms with E-state index in [4.69, 9.17) is 0 Å². The topological polar surface area (TPSA) is 34.1 Å². The molecule has 1 rings (SSSR count). The summed E-state index contributed by atoms with van der Waals surface area (Å²) in [6, 6.07) is 0. The summed E-state index contributed by atoms with van der Waals surface area (Å²) in [7, 11) is 0. The molecule has 0 unspecified atom stereocenters. The predicted molar refractivity (Wildman–Crippen MR) is 33.0 cm³/mol. The molecule has 2 heteroatoms. The minimum Gasteiger partial charge on any atom is -0.291 e. The van der Waals surface area contributed by atoms with Gasteiger partial charge in [0.05, 0.1) is 0 Å². The summed E-state index contributed by atoms with van der Waals surface area (Å²) in [6.45, 7) is 3.76. The Labute approximate surface area is 54.2 Å². The van der Waals surface area contributed by atoms with Crippen molar-refractivity contribution in [3.63, 3.8) is 0 Å². The van der Waals surface area contributed by atoms with E-state index in [1.54, 1.807) is 0 Å². The molecule has 0 amide bonds. The van der Waals surface area contributed by atoms with Gasteiger partial charge in [0.1, 0.15) is 0 Å². The standard InChI is InChI=1S/C7H10O2/c1-4-3-6(8)7(9)5(4)2/h4-5H,3H2,1-2H3/t4-,5-/m0/s1. The minimum absolute atomic E-state index is 0.0301. The molecule has 0 N–H and O–H groups in total. The van der Waals surface area contributed by atoms with Crippen LogP contribution in [0.2, 0.25) is 0 Å². The second kappa shape index (κ2) is 1.94. The largest absolute Gasteiger partial charge is 0.291 e. The van der Waals surface area contributed by atoms with E-state index < -0.39 is 0 Å². The molecular formula is C7H10O2. The third-order valence-electron chi connectivity index (χ3n) is 2.05. The molecule has 1 fully saturated rings. The summed E-state index contributed by atoms with van der Waals surface area (Å²) >= 11 is 0. The fourth-order valence-corrected chi connectivity index (χ4v) is 1.08. The van der Waals surface area contributed by atoms with Gasteiger partial charge in [0.2, 0.25) is 5.78 Å². The summed E-state index contributed by atoms with van der Waals surface area (Å²) in [5, 5.41) is 0. The predicted octanol–water partition coefficient (Wildman–Crippen LogP) is 0.800. The molecule has 50 valence electrons. The van der Waals surface area contributed by atoms with Crippen LogP contribution in [-0.4, -0.2) is 11.6 Å². The Hall–Kier alpha value is -0.660. The number of carbonyl (C=O) groups excluding carboxylic acids is 2. The van der Waals surface area contributed by atoms with Crippen LogP contribution in [0, 0.1) is 11.8 Å². The average molecular weight is 126 g/mol. The molecular weight excluding hydrogens is 116 g/mol. The molecule has 0 aromatic heterocycles. The van der Waals surface area contributed by atoms with Gasteiger partial charge in [-0.15, -0.1) is 0 Å². The maximum absolute atomic E-state index is 10.8. The van der Waals surface area contributed by atoms with Gasteiger partial charge in [-0.1, -0.05) is 13.8 Å². The van der Waals surface area contributed by atoms with Crippen molar-refractivity contribution in [3.05, 3.63) is 0 Å². The molecule has 0 spiro atoms. The molecule has 0 aromatic carbocycles. The number of ketones is 2. The Morgan fingerprint density at radius 3 is 2.00 bits per heavy atom. The van der Waals surface area contributed by atoms with Gasteiger partial charge in [0.25, 0.3) is 0 Å². The second-order valence-corrected chi connectivity index (χ2v) is 2.76. The van der Waals surface area contributed by atoms with Crippen LogP contribution in [0.25, 0.3) is 0 Å². The fourth-order valence-electron chi connectivity index (χ4n) is 1.08. The Bertz CT molecular complexity index is 160. The maximum Gasteiger partial charge on any atom is 0.201 e. The van der Waals surface area contributed by atoms with Crippen molar-refractivity contribution in [3.8, 4) is 0 Å². The summed E-state index contributed by atoms with van der Waals surface area (Å²) in [6.07, 6.45) is 0.458. The summed E-state index contributed by atoms with van der Waals surface area (Å²) in [5.74, 6) is -0.125. The van der Waals surface area contributed by atoms with Gasteiger partial charge in [-0.3, -0.25) is 9.59 Å². The molecule has 2 atom stereocenters. The fraction of sp³-hybridized carbons (Fsp3) is 0.714. The molecule has 2 nitrogen and oxygen atoms in total. The summed E-state index contributed by atoms with van der Waals surface area (Å²) in [5.41, 5.74) is 0. The van der Waals surface area contributed by atoms with Crippen LogP contribution < -0.4 is 0 Å². The zero-order chi connectivity index (χ0) is 7.02. The molecule has 0 saturated heterocycles. The summed E-state index contributed by atoms with van der Waals surface area (Å²) in [4.78, 5) is 21.4. The van der Waals surface area contributed by atoms with Crippen molar-refractivity contribution in [1.82, 2.24) is 0 Å². The number of rotatable bonds is 0. The van der Waals surface area contributed by atoms with Crippen LogP contribution in [0.1, 0.15) is 20.3 Å². The smallest absolute Gasteiger partial charge is 0.201 e. The van der Waals surface area contributed by atoms with Gasteiger partial charge in [0, 0.05) is 12.3 Å². The number of hydrogen-bond acceptors (Lipinski definition) is 2. The molecule has 0 aliphatic heterocycles. The van der Waals surface area contributed by atoms with E-state index in [2.05, 4.69) is 0 Å². The van der Waals surface area contributed by atoms with Crippen molar-refractivity contribution < 1.29 is 9.59 Å². The molecule has 0 aromatic rings. The zero-order valence-corrected chi connectivity index (χ0v) is 5.68. The van der Waals surface area contributed by atoms with Crippen molar-refractivity contribution in [2.45, 2.75) is 20.3 Å². The lowest BCUT2D eigenvalue weighted by Gasteiger charge is -2.02. The highest BCUT2D eigenvalue weighted by molar-refractivity contribution is 6.39. The third-order valence-corrected chi connectivity index (χ3v) is 2.05. The third kappa shape index (κ3) is 0.889. The van der Waals surface area contributed by atoms with Gasteiger partial charge >= 0.3 is 0 Å². The van der Waals surface area contributed by atoms with Gasteiger partial charge in [-0.2, -0.15) is 0 Å². The summed E-state index contributed by atoms with van der Waals surface area (Å²) < 4.78 is 0. The minimum atomic E-state index is -0.185. The molecule has 1 saturated carbocycles. The van der Waals surface area contributed by atoms with Crippen LogP contribution >= 0.6 is 0 Å². The Balaban J connectivity index is 2.77. The van der Waals surface area contributed by atoms with Crippen LogP contribution in [0.4, 0.5) is 0 Å². The maximum atomic E-state index is 10.8. The Kier molecular flexibility index (Phi) is 1.39. The average Bonchev–Trinajstić information content (AvgIpc) is 1.98. The Morgan fingerprint density at radius 2 is 1.89 bits per heavy atom. The van der Waals surface area contributed by atoms with Crippen LogP contribution in [0.5, 0.6) is 0 Å². The molecule has 1 aliphatic carbocycles. The second-order valence-electron chi connectivity index (χ2n) is 2.76. The highest BCUT2D eigenvalue weighted by atomic mass is 16.2. The lowest BCUT2D eigenvalue weighted by Crippen LogP contribution is -2.11. The molecule has 0 radical (unpaired) electrons. The highest BCUT2D eigenvalue weighted by Crippen LogP contribution is 2.24. The number of carbonyl (C=O) groups is 2. The monoisotopic (exact) mass is 126 g/mol. The normalized spacial score (nSPS) is 35.8. The first-order chi connectivity index (χ1) is 4.13. The first-order valence-corrected chi connectivity index (χ1v) is 3.20. The van der Waals surface area contributed by atoms with Crippen LogP contribution in [0.15, 0.2) is 0 Å². The van der Waals surface area contributed by atoms with Crippen molar-refractivity contribution in [2.24, 2.45) is 11.8 Å². The van der Waals surface area contributed by atoms with E-state index in [1.807, 2.05) is 13.8 Å².